The molecule has 0 unspecified atom stereocenters. The summed E-state index contributed by atoms with van der Waals surface area (Å²) in [5.41, 5.74) is 5.98. The topological polar surface area (TPSA) is 29.3 Å². The van der Waals surface area contributed by atoms with Crippen LogP contribution in [0.15, 0.2) is 18.2 Å². The molecule has 0 aliphatic carbocycles. The highest BCUT2D eigenvalue weighted by Crippen LogP contribution is 2.37. The predicted molar refractivity (Wildman–Crippen MR) is 74.6 cm³/mol. The quantitative estimate of drug-likeness (QED) is 0.801. The van der Waals surface area contributed by atoms with E-state index in [9.17, 15) is 13.2 Å². The summed E-state index contributed by atoms with van der Waals surface area (Å²) in [7, 11) is 0. The average molecular weight is 290 g/mol. The molecule has 1 saturated heterocycles. The van der Waals surface area contributed by atoms with Crippen molar-refractivity contribution in [3.63, 3.8) is 0 Å². The summed E-state index contributed by atoms with van der Waals surface area (Å²) < 4.78 is 37.9. The molecule has 0 spiro atoms. The molecule has 2 N–H and O–H groups in total. The number of hydrogen-bond donors (Lipinski definition) is 1. The van der Waals surface area contributed by atoms with E-state index in [0.717, 1.165) is 31.0 Å². The first kappa shape index (κ1) is 14.4. The van der Waals surface area contributed by atoms with E-state index < -0.39 is 11.7 Å². The Morgan fingerprint density at radius 2 is 2.00 bits per heavy atom. The van der Waals surface area contributed by atoms with Gasteiger partial charge in [-0.3, -0.25) is 0 Å². The molecule has 106 valence electrons. The zero-order valence-corrected chi connectivity index (χ0v) is 11.7. The SMILES string of the molecule is CC1(C)CN(c2ccc(C(F)(F)F)cc2N)CCS1. The number of hydrogen-bond acceptors (Lipinski definition) is 3. The minimum Gasteiger partial charge on any atom is -0.397 e. The highest BCUT2D eigenvalue weighted by atomic mass is 32.2. The Balaban J connectivity index is 2.26. The first-order valence-electron chi connectivity index (χ1n) is 6.05. The molecule has 2 nitrogen and oxygen atoms in total. The van der Waals surface area contributed by atoms with Gasteiger partial charge in [0.15, 0.2) is 0 Å². The second kappa shape index (κ2) is 4.81. The van der Waals surface area contributed by atoms with Gasteiger partial charge >= 0.3 is 6.18 Å². The maximum absolute atomic E-state index is 12.6. The van der Waals surface area contributed by atoms with Crippen LogP contribution in [0.1, 0.15) is 19.4 Å². The summed E-state index contributed by atoms with van der Waals surface area (Å²) in [6, 6.07) is 3.59. The lowest BCUT2D eigenvalue weighted by Crippen LogP contribution is -2.43. The van der Waals surface area contributed by atoms with Gasteiger partial charge in [-0.05, 0) is 32.0 Å². The minimum absolute atomic E-state index is 0.0907. The molecule has 2 rings (SSSR count). The van der Waals surface area contributed by atoms with Crippen LogP contribution >= 0.6 is 11.8 Å². The monoisotopic (exact) mass is 290 g/mol. The van der Waals surface area contributed by atoms with Gasteiger partial charge in [0.2, 0.25) is 0 Å². The number of nitrogens with zero attached hydrogens (tertiary/aromatic N) is 1. The molecule has 19 heavy (non-hydrogen) atoms. The summed E-state index contributed by atoms with van der Waals surface area (Å²) in [6.07, 6.45) is -4.34. The molecule has 6 heteroatoms. The number of halogens is 3. The standard InChI is InChI=1S/C13H17F3N2S/c1-12(2)8-18(5-6-19-12)11-4-3-9(7-10(11)17)13(14,15)16/h3-4,7H,5-6,8,17H2,1-2H3. The van der Waals surface area contributed by atoms with Gasteiger partial charge in [0.1, 0.15) is 0 Å². The summed E-state index contributed by atoms with van der Waals surface area (Å²) >= 11 is 1.87. The lowest BCUT2D eigenvalue weighted by Gasteiger charge is -2.39. The number of benzene rings is 1. The Bertz CT molecular complexity index is 471. The average Bonchev–Trinajstić information content (AvgIpc) is 2.26. The first-order valence-corrected chi connectivity index (χ1v) is 7.03. The van der Waals surface area contributed by atoms with Gasteiger partial charge in [0, 0.05) is 23.6 Å². The minimum atomic E-state index is -4.34. The van der Waals surface area contributed by atoms with Crippen molar-refractivity contribution in [2.75, 3.05) is 29.5 Å². The number of thioether (sulfide) groups is 1. The fourth-order valence-electron chi connectivity index (χ4n) is 2.24. The molecule has 1 aliphatic heterocycles. The zero-order chi connectivity index (χ0) is 14.3. The third kappa shape index (κ3) is 3.29. The molecule has 1 aromatic carbocycles. The molecule has 0 saturated carbocycles. The van der Waals surface area contributed by atoms with Crippen molar-refractivity contribution in [1.82, 2.24) is 0 Å². The molecule has 1 aliphatic rings. The summed E-state index contributed by atoms with van der Waals surface area (Å²) in [5, 5.41) is 0. The van der Waals surface area contributed by atoms with Crippen molar-refractivity contribution in [1.29, 1.82) is 0 Å². The van der Waals surface area contributed by atoms with Crippen LogP contribution in [0.25, 0.3) is 0 Å². The molecular formula is C13H17F3N2S. The van der Waals surface area contributed by atoms with Gasteiger partial charge < -0.3 is 10.6 Å². The van der Waals surface area contributed by atoms with Crippen LogP contribution in [0.5, 0.6) is 0 Å². The van der Waals surface area contributed by atoms with Gasteiger partial charge in [-0.15, -0.1) is 0 Å². The van der Waals surface area contributed by atoms with E-state index in [0.29, 0.717) is 5.69 Å². The van der Waals surface area contributed by atoms with Crippen LogP contribution in [0, 0.1) is 0 Å². The number of anilines is 2. The molecule has 1 fully saturated rings. The fourth-order valence-corrected chi connectivity index (χ4v) is 3.35. The van der Waals surface area contributed by atoms with Crippen molar-refractivity contribution in [3.05, 3.63) is 23.8 Å². The number of alkyl halides is 3. The van der Waals surface area contributed by atoms with Crippen LogP contribution < -0.4 is 10.6 Å². The highest BCUT2D eigenvalue weighted by molar-refractivity contribution is 8.00. The van der Waals surface area contributed by atoms with E-state index in [1.54, 1.807) is 0 Å². The fraction of sp³-hybridized carbons (Fsp3) is 0.538. The van der Waals surface area contributed by atoms with E-state index >= 15 is 0 Å². The third-order valence-corrected chi connectivity index (χ3v) is 4.42. The molecule has 1 heterocycles. The lowest BCUT2D eigenvalue weighted by atomic mass is 10.1. The maximum Gasteiger partial charge on any atom is 0.416 e. The first-order chi connectivity index (χ1) is 8.69. The van der Waals surface area contributed by atoms with Crippen molar-refractivity contribution >= 4 is 23.1 Å². The van der Waals surface area contributed by atoms with E-state index in [1.807, 2.05) is 11.8 Å². The predicted octanol–water partition coefficient (Wildman–Crippen LogP) is 3.62. The van der Waals surface area contributed by atoms with Crippen LogP contribution in [-0.2, 0) is 6.18 Å². The third-order valence-electron chi connectivity index (χ3n) is 3.12. The molecule has 0 radical (unpaired) electrons. The smallest absolute Gasteiger partial charge is 0.397 e. The van der Waals surface area contributed by atoms with Gasteiger partial charge in [0.25, 0.3) is 0 Å². The van der Waals surface area contributed by atoms with Gasteiger partial charge in [-0.2, -0.15) is 24.9 Å². The van der Waals surface area contributed by atoms with Crippen molar-refractivity contribution in [2.45, 2.75) is 24.8 Å². The summed E-state index contributed by atoms with van der Waals surface area (Å²) in [4.78, 5) is 2.06. The number of nitrogens with two attached hydrogens (primary N) is 1. The molecule has 0 amide bonds. The van der Waals surface area contributed by atoms with E-state index in [-0.39, 0.29) is 10.4 Å². The molecule has 0 atom stereocenters. The Labute approximate surface area is 115 Å². The summed E-state index contributed by atoms with van der Waals surface area (Å²) in [5.74, 6) is 0.952. The van der Waals surface area contributed by atoms with Crippen LogP contribution in [-0.4, -0.2) is 23.6 Å². The van der Waals surface area contributed by atoms with E-state index in [1.165, 1.54) is 6.07 Å². The Hall–Kier alpha value is -1.04. The van der Waals surface area contributed by atoms with Crippen molar-refractivity contribution in [2.24, 2.45) is 0 Å². The van der Waals surface area contributed by atoms with Gasteiger partial charge in [0.05, 0.1) is 16.9 Å². The molecule has 0 bridgehead atoms. The summed E-state index contributed by atoms with van der Waals surface area (Å²) in [6.45, 7) is 5.85. The molecule has 1 aromatic rings. The van der Waals surface area contributed by atoms with Gasteiger partial charge in [-0.1, -0.05) is 0 Å². The lowest BCUT2D eigenvalue weighted by molar-refractivity contribution is -0.137. The molecule has 0 aromatic heterocycles. The van der Waals surface area contributed by atoms with E-state index in [4.69, 9.17) is 5.73 Å². The van der Waals surface area contributed by atoms with Gasteiger partial charge in [-0.25, -0.2) is 0 Å². The molecular weight excluding hydrogens is 273 g/mol. The Morgan fingerprint density at radius 1 is 1.32 bits per heavy atom. The number of rotatable bonds is 1. The zero-order valence-electron chi connectivity index (χ0n) is 10.9. The Kier molecular flexibility index (Phi) is 3.64. The second-order valence-electron chi connectivity index (χ2n) is 5.30. The second-order valence-corrected chi connectivity index (χ2v) is 7.10. The maximum atomic E-state index is 12.6. The van der Waals surface area contributed by atoms with E-state index in [2.05, 4.69) is 18.7 Å². The Morgan fingerprint density at radius 3 is 2.53 bits per heavy atom. The van der Waals surface area contributed by atoms with Crippen LogP contribution in [0.2, 0.25) is 0 Å². The number of nitrogen functional groups attached to an aromatic ring is 1. The van der Waals surface area contributed by atoms with Crippen molar-refractivity contribution < 1.29 is 13.2 Å². The normalized spacial score (nSPS) is 19.5. The highest BCUT2D eigenvalue weighted by Gasteiger charge is 2.32. The van der Waals surface area contributed by atoms with Crippen LogP contribution in [0.4, 0.5) is 24.5 Å². The van der Waals surface area contributed by atoms with Crippen molar-refractivity contribution in [3.8, 4) is 0 Å². The largest absolute Gasteiger partial charge is 0.416 e. The van der Waals surface area contributed by atoms with Crippen LogP contribution in [0.3, 0.4) is 0 Å².